The summed E-state index contributed by atoms with van der Waals surface area (Å²) in [6, 6.07) is 7.38. The Bertz CT molecular complexity index is 973. The van der Waals surface area contributed by atoms with Gasteiger partial charge in [0.1, 0.15) is 5.66 Å². The molecule has 1 aromatic carbocycles. The van der Waals surface area contributed by atoms with Gasteiger partial charge in [-0.3, -0.25) is 19.3 Å². The smallest absolute Gasteiger partial charge is 0.257 e. The van der Waals surface area contributed by atoms with Crippen molar-refractivity contribution in [2.45, 2.75) is 70.4 Å². The first kappa shape index (κ1) is 21.2. The quantitative estimate of drug-likeness (QED) is 0.669. The van der Waals surface area contributed by atoms with Crippen LogP contribution in [0.3, 0.4) is 0 Å². The molecule has 5 rings (SSSR count). The van der Waals surface area contributed by atoms with Crippen LogP contribution in [0.4, 0.5) is 5.69 Å². The van der Waals surface area contributed by atoms with E-state index in [9.17, 15) is 14.4 Å². The van der Waals surface area contributed by atoms with Crippen molar-refractivity contribution in [3.05, 3.63) is 42.0 Å². The van der Waals surface area contributed by atoms with E-state index < -0.39 is 5.66 Å². The topological polar surface area (TPSA) is 60.9 Å². The van der Waals surface area contributed by atoms with Gasteiger partial charge in [-0.25, -0.2) is 0 Å². The number of allylic oxidation sites excluding steroid dienone is 2. The van der Waals surface area contributed by atoms with Crippen molar-refractivity contribution in [3.63, 3.8) is 0 Å². The number of benzene rings is 1. The second-order valence-electron chi connectivity index (χ2n) is 10.2. The summed E-state index contributed by atoms with van der Waals surface area (Å²) in [5.74, 6) is 0.231. The van der Waals surface area contributed by atoms with Crippen LogP contribution in [0.1, 0.15) is 75.1 Å². The van der Waals surface area contributed by atoms with Crippen molar-refractivity contribution >= 4 is 23.4 Å². The Labute approximate surface area is 190 Å². The number of fused-ring (bicyclic) bond motifs is 3. The molecule has 1 aromatic rings. The first-order valence-corrected chi connectivity index (χ1v) is 12.1. The van der Waals surface area contributed by atoms with Crippen LogP contribution in [-0.4, -0.2) is 52.8 Å². The van der Waals surface area contributed by atoms with Crippen LogP contribution in [0.15, 0.2) is 36.4 Å². The number of nitrogens with zero attached hydrogens (tertiary/aromatic N) is 3. The number of hydrogen-bond acceptors (Lipinski definition) is 3. The minimum absolute atomic E-state index is 0.0348. The Morgan fingerprint density at radius 3 is 2.75 bits per heavy atom. The zero-order chi connectivity index (χ0) is 22.3. The highest BCUT2D eigenvalue weighted by Gasteiger charge is 2.52. The number of hydrogen-bond donors (Lipinski definition) is 0. The van der Waals surface area contributed by atoms with Crippen LogP contribution < -0.4 is 4.90 Å². The summed E-state index contributed by atoms with van der Waals surface area (Å²) in [4.78, 5) is 44.8. The van der Waals surface area contributed by atoms with Gasteiger partial charge in [-0.05, 0) is 69.4 Å². The maximum absolute atomic E-state index is 13.3. The van der Waals surface area contributed by atoms with Gasteiger partial charge in [-0.1, -0.05) is 24.3 Å². The molecule has 0 saturated carbocycles. The largest absolute Gasteiger partial charge is 0.342 e. The summed E-state index contributed by atoms with van der Waals surface area (Å²) >= 11 is 0. The minimum Gasteiger partial charge on any atom is -0.342 e. The van der Waals surface area contributed by atoms with Gasteiger partial charge in [0.15, 0.2) is 0 Å². The van der Waals surface area contributed by atoms with E-state index in [0.717, 1.165) is 38.0 Å². The van der Waals surface area contributed by atoms with Gasteiger partial charge in [0, 0.05) is 32.5 Å². The summed E-state index contributed by atoms with van der Waals surface area (Å²) in [7, 11) is 0. The zero-order valence-electron chi connectivity index (χ0n) is 19.0. The van der Waals surface area contributed by atoms with E-state index in [0.29, 0.717) is 37.8 Å². The predicted molar refractivity (Wildman–Crippen MR) is 123 cm³/mol. The van der Waals surface area contributed by atoms with E-state index in [1.807, 2.05) is 30.0 Å². The van der Waals surface area contributed by atoms with Gasteiger partial charge in [-0.15, -0.1) is 0 Å². The van der Waals surface area contributed by atoms with Gasteiger partial charge in [0.25, 0.3) is 5.91 Å². The minimum atomic E-state index is -0.644. The molecule has 1 spiro atoms. The molecule has 32 heavy (non-hydrogen) atoms. The van der Waals surface area contributed by atoms with Crippen LogP contribution in [-0.2, 0) is 9.59 Å². The lowest BCUT2D eigenvalue weighted by Gasteiger charge is -2.49. The molecule has 4 aliphatic rings. The average Bonchev–Trinajstić information content (AvgIpc) is 3.11. The van der Waals surface area contributed by atoms with Crippen molar-refractivity contribution < 1.29 is 14.4 Å². The third-order valence-electron chi connectivity index (χ3n) is 8.09. The molecule has 6 nitrogen and oxygen atoms in total. The molecule has 0 radical (unpaired) electrons. The van der Waals surface area contributed by atoms with E-state index in [2.05, 4.69) is 17.1 Å². The lowest BCUT2D eigenvalue weighted by atomic mass is 9.71. The van der Waals surface area contributed by atoms with E-state index in [1.54, 1.807) is 11.0 Å². The normalized spacial score (nSPS) is 29.5. The van der Waals surface area contributed by atoms with E-state index >= 15 is 0 Å². The van der Waals surface area contributed by atoms with E-state index in [4.69, 9.17) is 0 Å². The summed E-state index contributed by atoms with van der Waals surface area (Å²) < 4.78 is 0. The monoisotopic (exact) mass is 435 g/mol. The Balaban J connectivity index is 1.26. The highest BCUT2D eigenvalue weighted by Crippen LogP contribution is 2.44. The van der Waals surface area contributed by atoms with E-state index in [-0.39, 0.29) is 23.1 Å². The van der Waals surface area contributed by atoms with Crippen molar-refractivity contribution in [1.82, 2.24) is 9.80 Å². The highest BCUT2D eigenvalue weighted by atomic mass is 16.2. The van der Waals surface area contributed by atoms with Gasteiger partial charge >= 0.3 is 0 Å². The molecule has 2 unspecified atom stereocenters. The van der Waals surface area contributed by atoms with Crippen LogP contribution in [0.25, 0.3) is 0 Å². The lowest BCUT2D eigenvalue weighted by Crippen LogP contribution is -2.62. The van der Waals surface area contributed by atoms with Gasteiger partial charge < -0.3 is 9.80 Å². The number of para-hydroxylation sites is 1. The van der Waals surface area contributed by atoms with E-state index in [1.165, 1.54) is 12.8 Å². The third kappa shape index (κ3) is 3.44. The molecule has 3 aliphatic heterocycles. The molecule has 170 valence electrons. The molecule has 6 heteroatoms. The standard InChI is InChI=1S/C26H33N3O3/c1-25-16-12-23(31)29(25)21-10-4-3-9-20(21)24(32)28(25)18-7-11-22(30)27-17-8-15-26(19-27)13-5-2-6-14-26/h2-5,9-10H,6-8,11-19H2,1H3. The van der Waals surface area contributed by atoms with Crippen molar-refractivity contribution in [1.29, 1.82) is 0 Å². The second kappa shape index (κ2) is 8.05. The molecular weight excluding hydrogens is 402 g/mol. The summed E-state index contributed by atoms with van der Waals surface area (Å²) in [6.07, 6.45) is 12.4. The van der Waals surface area contributed by atoms with Gasteiger partial charge in [-0.2, -0.15) is 0 Å². The molecule has 2 atom stereocenters. The van der Waals surface area contributed by atoms with Crippen LogP contribution in [0, 0.1) is 5.41 Å². The Morgan fingerprint density at radius 2 is 1.94 bits per heavy atom. The maximum Gasteiger partial charge on any atom is 0.257 e. The number of rotatable bonds is 4. The summed E-state index contributed by atoms with van der Waals surface area (Å²) in [5.41, 5.74) is 0.924. The van der Waals surface area contributed by atoms with Crippen molar-refractivity contribution in [3.8, 4) is 0 Å². The molecule has 2 fully saturated rings. The SMILES string of the molecule is CC12CCC(=O)N1c1ccccc1C(=O)N2CCCC(=O)N1CCCC2(CC=CCC2)C1. The van der Waals surface area contributed by atoms with Crippen LogP contribution >= 0.6 is 0 Å². The number of piperidine rings is 1. The highest BCUT2D eigenvalue weighted by molar-refractivity contribution is 6.10. The Kier molecular flexibility index (Phi) is 5.34. The van der Waals surface area contributed by atoms with Gasteiger partial charge in [0.2, 0.25) is 11.8 Å². The first-order valence-electron chi connectivity index (χ1n) is 12.1. The number of carbonyl (C=O) groups is 3. The fourth-order valence-corrected chi connectivity index (χ4v) is 6.32. The predicted octanol–water partition coefficient (Wildman–Crippen LogP) is 4.11. The third-order valence-corrected chi connectivity index (χ3v) is 8.09. The molecule has 0 bridgehead atoms. The van der Waals surface area contributed by atoms with Gasteiger partial charge in [0.05, 0.1) is 11.3 Å². The van der Waals surface area contributed by atoms with Crippen LogP contribution in [0.5, 0.6) is 0 Å². The van der Waals surface area contributed by atoms with Crippen molar-refractivity contribution in [2.24, 2.45) is 5.41 Å². The molecule has 0 aromatic heterocycles. The fourth-order valence-electron chi connectivity index (χ4n) is 6.32. The second-order valence-corrected chi connectivity index (χ2v) is 10.2. The Hall–Kier alpha value is -2.63. The number of anilines is 1. The molecule has 2 saturated heterocycles. The molecule has 0 N–H and O–H groups in total. The molecule has 1 aliphatic carbocycles. The fraction of sp³-hybridized carbons (Fsp3) is 0.577. The number of likely N-dealkylation sites (tertiary alicyclic amines) is 1. The van der Waals surface area contributed by atoms with Crippen LogP contribution in [0.2, 0.25) is 0 Å². The summed E-state index contributed by atoms with van der Waals surface area (Å²) in [5, 5.41) is 0. The lowest BCUT2D eigenvalue weighted by molar-refractivity contribution is -0.135. The number of carbonyl (C=O) groups excluding carboxylic acids is 3. The molecule has 3 amide bonds. The average molecular weight is 436 g/mol. The zero-order valence-corrected chi connectivity index (χ0v) is 19.0. The number of amides is 3. The molecule has 3 heterocycles. The molecular formula is C26H33N3O3. The first-order chi connectivity index (χ1) is 15.4. The summed E-state index contributed by atoms with van der Waals surface area (Å²) in [6.45, 7) is 4.19. The van der Waals surface area contributed by atoms with Crippen molar-refractivity contribution in [2.75, 3.05) is 24.5 Å². The maximum atomic E-state index is 13.3. The Morgan fingerprint density at radius 1 is 1.09 bits per heavy atom.